The van der Waals surface area contributed by atoms with Gasteiger partial charge in [-0.2, -0.15) is 0 Å². The Labute approximate surface area is 683 Å². The molecule has 0 bridgehead atoms. The highest BCUT2D eigenvalue weighted by atomic mass is 14.9. The summed E-state index contributed by atoms with van der Waals surface area (Å²) in [6.07, 6.45) is 29.3. The van der Waals surface area contributed by atoms with E-state index in [4.69, 9.17) is 69.8 Å². The normalized spacial score (nSPS) is 11.8. The first-order valence-electron chi connectivity index (χ1n) is 39.5. The van der Waals surface area contributed by atoms with E-state index in [1.54, 1.807) is 37.2 Å². The number of nitrogens with zero attached hydrogens (tertiary/aromatic N) is 16. The van der Waals surface area contributed by atoms with Crippen molar-refractivity contribution < 1.29 is 0 Å². The van der Waals surface area contributed by atoms with Gasteiger partial charge in [0.25, 0.3) is 0 Å². The maximum Gasteiger partial charge on any atom is 0.109 e. The van der Waals surface area contributed by atoms with Gasteiger partial charge >= 0.3 is 0 Å². The first kappa shape index (κ1) is 67.8. The molecule has 0 unspecified atom stereocenters. The van der Waals surface area contributed by atoms with E-state index in [-0.39, 0.29) is 0 Å². The number of fused-ring (bicyclic) bond motifs is 14. The summed E-state index contributed by atoms with van der Waals surface area (Å²) < 4.78 is 0. The molecule has 0 fully saturated rings. The van der Waals surface area contributed by atoms with Crippen molar-refractivity contribution in [2.24, 2.45) is 0 Å². The fourth-order valence-electron chi connectivity index (χ4n) is 18.1. The summed E-state index contributed by atoms with van der Waals surface area (Å²) in [5.41, 5.74) is 21.6. The highest BCUT2D eigenvalue weighted by Gasteiger charge is 2.26. The summed E-state index contributed by atoms with van der Waals surface area (Å²) in [6, 6.07) is 88.6. The lowest BCUT2D eigenvalue weighted by atomic mass is 9.87. The van der Waals surface area contributed by atoms with Crippen molar-refractivity contribution in [3.05, 3.63) is 354 Å². The lowest BCUT2D eigenvalue weighted by Crippen LogP contribution is -1.98. The van der Waals surface area contributed by atoms with Crippen molar-refractivity contribution in [2.75, 3.05) is 0 Å². The largest absolute Gasteiger partial charge is 0.254 e. The third-order valence-corrected chi connectivity index (χ3v) is 23.4. The minimum atomic E-state index is 0.585. The predicted molar refractivity (Wildman–Crippen MR) is 481 cm³/mol. The van der Waals surface area contributed by atoms with Gasteiger partial charge in [-0.25, -0.2) is 0 Å². The fraction of sp³-hybridized carbons (Fsp3) is 0. The Bertz CT molecular complexity index is 7660. The van der Waals surface area contributed by atoms with Gasteiger partial charge in [-0.1, -0.05) is 231 Å². The number of benzene rings is 14. The minimum Gasteiger partial charge on any atom is -0.254 e. The van der Waals surface area contributed by atoms with Crippen LogP contribution in [0.25, 0.3) is 254 Å². The van der Waals surface area contributed by atoms with E-state index in [1.165, 1.54) is 0 Å². The monoisotopic (exact) mass is 1530 g/mol. The smallest absolute Gasteiger partial charge is 0.109 e. The van der Waals surface area contributed by atoms with Gasteiger partial charge in [0.05, 0.1) is 131 Å². The Morgan fingerprint density at radius 3 is 0.500 bits per heavy atom. The molecule has 0 atom stereocenters. The summed E-state index contributed by atoms with van der Waals surface area (Å²) in [5, 5.41) is 20.8. The molecule has 0 radical (unpaired) electrons. The van der Waals surface area contributed by atoms with Crippen molar-refractivity contribution >= 4 is 130 Å². The average molecular weight is 1530 g/mol. The maximum absolute atomic E-state index is 5.14. The second kappa shape index (κ2) is 27.5. The van der Waals surface area contributed by atoms with Crippen LogP contribution in [0.3, 0.4) is 0 Å². The Morgan fingerprint density at radius 1 is 0.125 bits per heavy atom. The molecule has 16 heteroatoms. The van der Waals surface area contributed by atoms with Gasteiger partial charge in [0, 0.05) is 90.8 Å². The van der Waals surface area contributed by atoms with Crippen molar-refractivity contribution in [2.45, 2.75) is 0 Å². The van der Waals surface area contributed by atoms with E-state index in [9.17, 15) is 0 Å². The molecule has 24 rings (SSSR count). The zero-order chi connectivity index (χ0) is 78.9. The second-order valence-electron chi connectivity index (χ2n) is 30.0. The minimum absolute atomic E-state index is 0.585. The van der Waals surface area contributed by atoms with Crippen LogP contribution in [0.2, 0.25) is 0 Å². The van der Waals surface area contributed by atoms with Gasteiger partial charge in [0.15, 0.2) is 0 Å². The van der Waals surface area contributed by atoms with Gasteiger partial charge in [0.2, 0.25) is 0 Å². The zero-order valence-corrected chi connectivity index (χ0v) is 63.6. The second-order valence-corrected chi connectivity index (χ2v) is 30.0. The third kappa shape index (κ3) is 10.9. The number of hydrogen-bond acceptors (Lipinski definition) is 16. The molecular weight excluding hydrogens is 1470 g/mol. The van der Waals surface area contributed by atoms with Crippen molar-refractivity contribution in [3.8, 4) is 124 Å². The molecule has 120 heavy (non-hydrogen) atoms. The summed E-state index contributed by atoms with van der Waals surface area (Å²) in [5.74, 6) is 0. The summed E-state index contributed by atoms with van der Waals surface area (Å²) in [4.78, 5) is 80.4. The highest BCUT2D eigenvalue weighted by molar-refractivity contribution is 6.25. The number of rotatable bonds is 11. The fourth-order valence-corrected chi connectivity index (χ4v) is 18.1. The van der Waals surface area contributed by atoms with Crippen LogP contribution in [0, 0.1) is 0 Å². The molecule has 554 valence electrons. The molecule has 0 aliphatic rings. The molecule has 0 aliphatic heterocycles. The van der Waals surface area contributed by atoms with Crippen molar-refractivity contribution in [3.63, 3.8) is 0 Å². The van der Waals surface area contributed by atoms with E-state index in [0.717, 1.165) is 197 Å². The van der Waals surface area contributed by atoms with Crippen molar-refractivity contribution in [1.82, 2.24) is 79.7 Å². The molecule has 0 saturated heterocycles. The van der Waals surface area contributed by atoms with Crippen LogP contribution in [0.4, 0.5) is 0 Å². The van der Waals surface area contributed by atoms with E-state index in [2.05, 4.69) is 253 Å². The number of hydrogen-bond donors (Lipinski definition) is 0. The van der Waals surface area contributed by atoms with Crippen LogP contribution in [0.1, 0.15) is 0 Å². The molecule has 0 amide bonds. The average Bonchev–Trinajstić information content (AvgIpc) is 0.741. The Kier molecular flexibility index (Phi) is 15.5. The Morgan fingerprint density at radius 2 is 0.300 bits per heavy atom. The first-order valence-corrected chi connectivity index (χ1v) is 39.5. The first-order chi connectivity index (χ1) is 59.5. The maximum atomic E-state index is 5.14. The van der Waals surface area contributed by atoms with Crippen LogP contribution in [0.5, 0.6) is 0 Å². The van der Waals surface area contributed by atoms with Crippen LogP contribution < -0.4 is 0 Å². The third-order valence-electron chi connectivity index (χ3n) is 23.4. The van der Waals surface area contributed by atoms with Crippen LogP contribution in [-0.2, 0) is 0 Å². The van der Waals surface area contributed by atoms with Gasteiger partial charge in [-0.05, 0) is 122 Å². The van der Waals surface area contributed by atoms with E-state index in [0.29, 0.717) is 56.9 Å². The molecule has 14 aromatic carbocycles. The van der Waals surface area contributed by atoms with Gasteiger partial charge < -0.3 is 0 Å². The zero-order valence-electron chi connectivity index (χ0n) is 63.6. The molecular formula is C104H58N16. The number of pyridine rings is 4. The highest BCUT2D eigenvalue weighted by Crippen LogP contribution is 2.49. The van der Waals surface area contributed by atoms with E-state index in [1.807, 2.05) is 74.1 Å². The molecule has 0 saturated carbocycles. The van der Waals surface area contributed by atoms with Gasteiger partial charge in [-0.3, -0.25) is 79.7 Å². The Balaban J connectivity index is 0.504. The summed E-state index contributed by atoms with van der Waals surface area (Å²) in [7, 11) is 0. The molecule has 16 nitrogen and oxygen atoms in total. The molecule has 0 spiro atoms. The topological polar surface area (TPSA) is 206 Å². The standard InChI is InChI=1S/C104H58N16/c1-5-25-69-65(21-1)93(63-43-61-39-37-59-19-17-41-105-101(59)103(61)119-45-63)66-22-2-6-26-70(66)95(69)87-53-107-81(47-113-87)83-49-115-89(55-109-83)97-73-29-9-13-33-77(73)99(78-34-14-10-30-74(78)97)91-57-111-85(51-117-91)86-52-118-92(58-112-86)100-79-35-15-11-31-75(79)98(76-32-12-16-36-80(76)100)90-56-110-84(50-116-90)82-48-114-88(54-108-82)96-71-27-7-3-23-67(71)94(68-24-4-8-28-72(68)96)64-44-62-40-38-60-20-18-42-106-102(60)104(62)120-46-64/h1-58H. The lowest BCUT2D eigenvalue weighted by molar-refractivity contribution is 1.15. The molecule has 10 aromatic heterocycles. The van der Waals surface area contributed by atoms with E-state index >= 15 is 0 Å². The number of aromatic nitrogens is 16. The predicted octanol–water partition coefficient (Wildman–Crippen LogP) is 24.2. The van der Waals surface area contributed by atoms with E-state index < -0.39 is 0 Å². The summed E-state index contributed by atoms with van der Waals surface area (Å²) >= 11 is 0. The Hall–Kier alpha value is -16.7. The molecule has 10 heterocycles. The van der Waals surface area contributed by atoms with Crippen molar-refractivity contribution in [1.29, 1.82) is 0 Å². The van der Waals surface area contributed by atoms with Gasteiger partial charge in [0.1, 0.15) is 34.2 Å². The van der Waals surface area contributed by atoms with Gasteiger partial charge in [-0.15, -0.1) is 0 Å². The van der Waals surface area contributed by atoms with Crippen LogP contribution >= 0.6 is 0 Å². The quantitative estimate of drug-likeness (QED) is 0.0872. The molecule has 24 aromatic rings. The molecule has 0 N–H and O–H groups in total. The van der Waals surface area contributed by atoms with Crippen LogP contribution in [-0.4, -0.2) is 79.7 Å². The van der Waals surface area contributed by atoms with Crippen LogP contribution in [0.15, 0.2) is 354 Å². The summed E-state index contributed by atoms with van der Waals surface area (Å²) in [6.45, 7) is 0. The molecule has 0 aliphatic carbocycles. The lowest BCUT2D eigenvalue weighted by Gasteiger charge is -2.17. The SMILES string of the molecule is c1cnc2c(c1)ccc1cc(-c3c4ccccc4c(-c4cnc(-c5cnc(-c6c7ccccc7c(-c7cnc(-c8cnc(-c9c%10ccccc%10c(-c%10cnc(-c%11cnc(-c%12c%13ccccc%13c(-c%13cnc%14c(ccc%15cccnc%15%14)c%13)c%13ccccc%12%13)cn%11)cn%10)c%10ccccc9%10)cn8)cn7)c7ccccc67)cn5)cn4)c4ccccc34)cnc12.